The number of H-pyrrole nitrogens is 1. The number of nitrogens with zero attached hydrogens (tertiary/aromatic N) is 1. The minimum Gasteiger partial charge on any atom is -0.343 e. The van der Waals surface area contributed by atoms with Gasteiger partial charge in [-0.05, 0) is 50.1 Å². The van der Waals surface area contributed by atoms with Gasteiger partial charge < -0.3 is 20.2 Å². The van der Waals surface area contributed by atoms with Crippen molar-refractivity contribution in [2.45, 2.75) is 27.3 Å². The summed E-state index contributed by atoms with van der Waals surface area (Å²) in [6, 6.07) is 10.3. The second kappa shape index (κ2) is 8.14. The molecule has 2 aromatic carbocycles. The lowest BCUT2D eigenvalue weighted by atomic mass is 10.1. The van der Waals surface area contributed by atoms with Gasteiger partial charge in [-0.25, -0.2) is 0 Å². The molecule has 150 valence electrons. The normalized spacial score (nSPS) is 10.7. The van der Waals surface area contributed by atoms with Gasteiger partial charge in [-0.3, -0.25) is 19.2 Å². The molecule has 0 unspecified atom stereocenters. The SMILES string of the molecule is CCn1c(=O)c(=O)[nH]c2cc(C(=O)NCC(=O)Nc3c(C)cccc3C)ccc21. The van der Waals surface area contributed by atoms with E-state index in [4.69, 9.17) is 0 Å². The summed E-state index contributed by atoms with van der Waals surface area (Å²) in [6.45, 7) is 5.69. The molecular weight excluding hydrogens is 372 g/mol. The number of nitrogens with one attached hydrogen (secondary N) is 3. The van der Waals surface area contributed by atoms with E-state index in [9.17, 15) is 19.2 Å². The van der Waals surface area contributed by atoms with Gasteiger partial charge in [-0.1, -0.05) is 18.2 Å². The highest BCUT2D eigenvalue weighted by atomic mass is 16.2. The van der Waals surface area contributed by atoms with Crippen molar-refractivity contribution in [3.05, 3.63) is 73.8 Å². The van der Waals surface area contributed by atoms with Crippen molar-refractivity contribution in [2.24, 2.45) is 0 Å². The Morgan fingerprint density at radius 2 is 1.76 bits per heavy atom. The number of anilines is 1. The molecular formula is C21H22N4O4. The molecule has 3 N–H and O–H groups in total. The minimum atomic E-state index is -0.745. The van der Waals surface area contributed by atoms with Gasteiger partial charge in [0, 0.05) is 17.8 Å². The summed E-state index contributed by atoms with van der Waals surface area (Å²) in [5.74, 6) is -0.802. The summed E-state index contributed by atoms with van der Waals surface area (Å²) in [5.41, 5.74) is 2.40. The molecule has 0 radical (unpaired) electrons. The van der Waals surface area contributed by atoms with Crippen LogP contribution in [0, 0.1) is 13.8 Å². The Balaban J connectivity index is 1.75. The second-order valence-electron chi connectivity index (χ2n) is 6.73. The molecule has 0 aliphatic rings. The summed E-state index contributed by atoms with van der Waals surface area (Å²) in [5, 5.41) is 5.37. The van der Waals surface area contributed by atoms with E-state index in [0.29, 0.717) is 17.6 Å². The van der Waals surface area contributed by atoms with Gasteiger partial charge >= 0.3 is 11.1 Å². The maximum absolute atomic E-state index is 12.4. The third-order valence-electron chi connectivity index (χ3n) is 4.71. The molecule has 2 amide bonds. The molecule has 8 nitrogen and oxygen atoms in total. The molecule has 0 bridgehead atoms. The quantitative estimate of drug-likeness (QED) is 0.572. The summed E-state index contributed by atoms with van der Waals surface area (Å²) in [7, 11) is 0. The maximum Gasteiger partial charge on any atom is 0.316 e. The van der Waals surface area contributed by atoms with E-state index in [2.05, 4.69) is 15.6 Å². The lowest BCUT2D eigenvalue weighted by Gasteiger charge is -2.12. The molecule has 29 heavy (non-hydrogen) atoms. The van der Waals surface area contributed by atoms with Crippen LogP contribution in [0.3, 0.4) is 0 Å². The van der Waals surface area contributed by atoms with Crippen LogP contribution in [0.5, 0.6) is 0 Å². The van der Waals surface area contributed by atoms with Crippen molar-refractivity contribution < 1.29 is 9.59 Å². The first-order chi connectivity index (χ1) is 13.8. The lowest BCUT2D eigenvalue weighted by molar-refractivity contribution is -0.115. The molecule has 0 aliphatic carbocycles. The van der Waals surface area contributed by atoms with Crippen LogP contribution in [0.15, 0.2) is 46.0 Å². The van der Waals surface area contributed by atoms with Crippen molar-refractivity contribution in [3.8, 4) is 0 Å². The zero-order chi connectivity index (χ0) is 21.1. The number of rotatable bonds is 5. The van der Waals surface area contributed by atoms with Crippen molar-refractivity contribution in [3.63, 3.8) is 0 Å². The van der Waals surface area contributed by atoms with Crippen molar-refractivity contribution in [1.29, 1.82) is 0 Å². The van der Waals surface area contributed by atoms with Gasteiger partial charge in [0.15, 0.2) is 0 Å². The molecule has 1 heterocycles. The van der Waals surface area contributed by atoms with Crippen LogP contribution in [0.2, 0.25) is 0 Å². The molecule has 3 rings (SSSR count). The zero-order valence-electron chi connectivity index (χ0n) is 16.5. The van der Waals surface area contributed by atoms with Crippen LogP contribution in [-0.4, -0.2) is 27.9 Å². The molecule has 0 atom stereocenters. The first-order valence-corrected chi connectivity index (χ1v) is 9.23. The summed E-state index contributed by atoms with van der Waals surface area (Å²) in [6.07, 6.45) is 0. The number of fused-ring (bicyclic) bond motifs is 1. The Bertz CT molecular complexity index is 1200. The molecule has 0 spiro atoms. The first-order valence-electron chi connectivity index (χ1n) is 9.23. The molecule has 8 heteroatoms. The number of hydrogen-bond acceptors (Lipinski definition) is 4. The number of aromatic nitrogens is 2. The molecule has 3 aromatic rings. The number of hydrogen-bond donors (Lipinski definition) is 3. The van der Waals surface area contributed by atoms with Gasteiger partial charge in [-0.15, -0.1) is 0 Å². The third-order valence-corrected chi connectivity index (χ3v) is 4.71. The summed E-state index contributed by atoms with van der Waals surface area (Å²) < 4.78 is 1.34. The van der Waals surface area contributed by atoms with Gasteiger partial charge in [0.1, 0.15) is 0 Å². The number of para-hydroxylation sites is 1. The Morgan fingerprint density at radius 1 is 1.07 bits per heavy atom. The van der Waals surface area contributed by atoms with E-state index >= 15 is 0 Å². The monoisotopic (exact) mass is 394 g/mol. The molecule has 1 aromatic heterocycles. The maximum atomic E-state index is 12.4. The fraction of sp³-hybridized carbons (Fsp3) is 0.238. The van der Waals surface area contributed by atoms with E-state index in [1.54, 1.807) is 19.1 Å². The number of carbonyl (C=O) groups excluding carboxylic acids is 2. The van der Waals surface area contributed by atoms with E-state index in [-0.39, 0.29) is 18.0 Å². The molecule has 0 saturated heterocycles. The Morgan fingerprint density at radius 3 is 2.41 bits per heavy atom. The average Bonchev–Trinajstić information content (AvgIpc) is 2.69. The summed E-state index contributed by atoms with van der Waals surface area (Å²) >= 11 is 0. The topological polar surface area (TPSA) is 113 Å². The van der Waals surface area contributed by atoms with Crippen LogP contribution in [0.25, 0.3) is 11.0 Å². The number of aromatic amines is 1. The highest BCUT2D eigenvalue weighted by Crippen LogP contribution is 2.19. The largest absolute Gasteiger partial charge is 0.343 e. The third kappa shape index (κ3) is 4.11. The second-order valence-corrected chi connectivity index (χ2v) is 6.73. The fourth-order valence-electron chi connectivity index (χ4n) is 3.19. The first kappa shape index (κ1) is 20.1. The molecule has 0 aliphatic heterocycles. The highest BCUT2D eigenvalue weighted by Gasteiger charge is 2.13. The minimum absolute atomic E-state index is 0.199. The van der Waals surface area contributed by atoms with Crippen LogP contribution in [-0.2, 0) is 11.3 Å². The van der Waals surface area contributed by atoms with Crippen LogP contribution in [0.1, 0.15) is 28.4 Å². The number of amides is 2. The molecule has 0 saturated carbocycles. The predicted molar refractivity (Wildman–Crippen MR) is 111 cm³/mol. The number of carbonyl (C=O) groups is 2. The zero-order valence-corrected chi connectivity index (χ0v) is 16.5. The van der Waals surface area contributed by atoms with E-state index < -0.39 is 17.0 Å². The number of aryl methyl sites for hydroxylation is 3. The van der Waals surface area contributed by atoms with E-state index in [0.717, 1.165) is 16.8 Å². The van der Waals surface area contributed by atoms with Crippen molar-refractivity contribution in [1.82, 2.24) is 14.9 Å². The van der Waals surface area contributed by atoms with Crippen LogP contribution in [0.4, 0.5) is 5.69 Å². The average molecular weight is 394 g/mol. The van der Waals surface area contributed by atoms with Gasteiger partial charge in [0.05, 0.1) is 17.6 Å². The lowest BCUT2D eigenvalue weighted by Crippen LogP contribution is -2.36. The predicted octanol–water partition coefficient (Wildman–Crippen LogP) is 1.70. The van der Waals surface area contributed by atoms with Gasteiger partial charge in [0.2, 0.25) is 5.91 Å². The van der Waals surface area contributed by atoms with Crippen LogP contribution < -0.4 is 21.8 Å². The smallest absolute Gasteiger partial charge is 0.316 e. The molecule has 0 fully saturated rings. The highest BCUT2D eigenvalue weighted by molar-refractivity contribution is 6.01. The fourth-order valence-corrected chi connectivity index (χ4v) is 3.19. The van der Waals surface area contributed by atoms with E-state index in [1.165, 1.54) is 10.6 Å². The Labute approximate surface area is 166 Å². The standard InChI is InChI=1S/C21H22N4O4/c1-4-25-16-9-8-14(10-15(16)23-20(28)21(25)29)19(27)22-11-17(26)24-18-12(2)6-5-7-13(18)3/h5-10H,4,11H2,1-3H3,(H,22,27)(H,23,28)(H,24,26). The van der Waals surface area contributed by atoms with Crippen molar-refractivity contribution in [2.75, 3.05) is 11.9 Å². The Kier molecular flexibility index (Phi) is 5.63. The van der Waals surface area contributed by atoms with E-state index in [1.807, 2.05) is 32.0 Å². The number of benzene rings is 2. The van der Waals surface area contributed by atoms with Gasteiger partial charge in [-0.2, -0.15) is 0 Å². The van der Waals surface area contributed by atoms with Crippen molar-refractivity contribution >= 4 is 28.5 Å². The Hall–Kier alpha value is -3.68. The van der Waals surface area contributed by atoms with Gasteiger partial charge in [0.25, 0.3) is 5.91 Å². The van der Waals surface area contributed by atoms with Crippen LogP contribution >= 0.6 is 0 Å². The summed E-state index contributed by atoms with van der Waals surface area (Å²) in [4.78, 5) is 50.8.